The van der Waals surface area contributed by atoms with Crippen LogP contribution < -0.4 is 4.74 Å². The van der Waals surface area contributed by atoms with Crippen LogP contribution in [0.4, 0.5) is 0 Å². The minimum absolute atomic E-state index is 0.0242. The van der Waals surface area contributed by atoms with Gasteiger partial charge in [-0.15, -0.1) is 0 Å². The van der Waals surface area contributed by atoms with Crippen molar-refractivity contribution in [3.05, 3.63) is 58.7 Å². The minimum Gasteiger partial charge on any atom is -0.484 e. The molecule has 0 fully saturated rings. The Labute approximate surface area is 163 Å². The quantitative estimate of drug-likeness (QED) is 0.694. The molecule has 7 nitrogen and oxygen atoms in total. The molecule has 1 aromatic carbocycles. The van der Waals surface area contributed by atoms with Gasteiger partial charge in [0.05, 0.1) is 0 Å². The first kappa shape index (κ1) is 18.2. The Morgan fingerprint density at radius 3 is 2.82 bits per heavy atom. The van der Waals surface area contributed by atoms with Crippen LogP contribution in [0.1, 0.15) is 28.3 Å². The summed E-state index contributed by atoms with van der Waals surface area (Å²) in [5.74, 6) is 1.78. The normalized spacial score (nSPS) is 13.3. The van der Waals surface area contributed by atoms with Crippen molar-refractivity contribution in [2.45, 2.75) is 33.7 Å². The summed E-state index contributed by atoms with van der Waals surface area (Å²) in [5, 5.41) is 4.05. The average Bonchev–Trinajstić information content (AvgIpc) is 3.12. The van der Waals surface area contributed by atoms with E-state index in [4.69, 9.17) is 9.26 Å². The molecule has 0 bridgehead atoms. The minimum atomic E-state index is -0.0357. The zero-order valence-electron chi connectivity index (χ0n) is 16.2. The van der Waals surface area contributed by atoms with Crippen molar-refractivity contribution < 1.29 is 14.1 Å². The maximum Gasteiger partial charge on any atom is 0.260 e. The second kappa shape index (κ2) is 7.42. The number of ether oxygens (including phenoxy) is 1. The number of rotatable bonds is 4. The molecule has 144 valence electrons. The summed E-state index contributed by atoms with van der Waals surface area (Å²) < 4.78 is 10.9. The van der Waals surface area contributed by atoms with Gasteiger partial charge in [-0.1, -0.05) is 23.4 Å². The average molecular weight is 378 g/mol. The Morgan fingerprint density at radius 2 is 2.07 bits per heavy atom. The predicted octanol–water partition coefficient (Wildman–Crippen LogP) is 3.02. The van der Waals surface area contributed by atoms with Crippen LogP contribution in [-0.4, -0.2) is 39.1 Å². The number of hydrogen-bond donors (Lipinski definition) is 0. The van der Waals surface area contributed by atoms with Gasteiger partial charge in [-0.05, 0) is 43.0 Å². The van der Waals surface area contributed by atoms with E-state index in [0.29, 0.717) is 24.8 Å². The number of aromatic nitrogens is 3. The first-order chi connectivity index (χ1) is 13.5. The Morgan fingerprint density at radius 1 is 1.25 bits per heavy atom. The van der Waals surface area contributed by atoms with Crippen LogP contribution in [0.15, 0.2) is 35.0 Å². The van der Waals surface area contributed by atoms with Crippen molar-refractivity contribution in [2.75, 3.05) is 13.2 Å². The molecule has 0 saturated heterocycles. The molecular formula is C21H22N4O3. The summed E-state index contributed by atoms with van der Waals surface area (Å²) in [6.45, 7) is 6.82. The standard InChI is InChI=1S/C21H22N4O3/c1-13-6-4-5-7-18(13)27-12-19(26)25-9-8-17-16(11-25)10-22-14(2)20(17)21-23-15(3)28-24-21/h4-7,10H,8-9,11-12H2,1-3H3. The fourth-order valence-corrected chi connectivity index (χ4v) is 3.51. The summed E-state index contributed by atoms with van der Waals surface area (Å²) in [6.07, 6.45) is 2.56. The number of hydrogen-bond acceptors (Lipinski definition) is 6. The van der Waals surface area contributed by atoms with E-state index < -0.39 is 0 Å². The Hall–Kier alpha value is -3.22. The summed E-state index contributed by atoms with van der Waals surface area (Å²) in [7, 11) is 0. The molecule has 0 spiro atoms. The Bertz CT molecular complexity index is 1030. The van der Waals surface area contributed by atoms with Gasteiger partial charge in [-0.2, -0.15) is 4.98 Å². The number of para-hydroxylation sites is 1. The third-order valence-corrected chi connectivity index (χ3v) is 5.01. The molecule has 0 unspecified atom stereocenters. The van der Waals surface area contributed by atoms with Crippen LogP contribution >= 0.6 is 0 Å². The van der Waals surface area contributed by atoms with Crippen LogP contribution in [0, 0.1) is 20.8 Å². The zero-order chi connectivity index (χ0) is 19.7. The molecule has 0 saturated carbocycles. The summed E-state index contributed by atoms with van der Waals surface area (Å²) in [5.41, 5.74) is 4.94. The highest BCUT2D eigenvalue weighted by molar-refractivity contribution is 5.78. The van der Waals surface area contributed by atoms with Crippen molar-refractivity contribution in [1.29, 1.82) is 0 Å². The van der Waals surface area contributed by atoms with E-state index in [1.54, 1.807) is 6.92 Å². The highest BCUT2D eigenvalue weighted by Gasteiger charge is 2.26. The number of nitrogens with zero attached hydrogens (tertiary/aromatic N) is 4. The second-order valence-electron chi connectivity index (χ2n) is 6.98. The van der Waals surface area contributed by atoms with Gasteiger partial charge in [0.25, 0.3) is 5.91 Å². The number of carbonyl (C=O) groups excluding carboxylic acids is 1. The van der Waals surface area contributed by atoms with Gasteiger partial charge in [0.15, 0.2) is 6.61 Å². The Balaban J connectivity index is 1.51. The molecule has 7 heteroatoms. The lowest BCUT2D eigenvalue weighted by Crippen LogP contribution is -2.39. The van der Waals surface area contributed by atoms with E-state index in [0.717, 1.165) is 40.1 Å². The monoisotopic (exact) mass is 378 g/mol. The van der Waals surface area contributed by atoms with Crippen LogP contribution in [0.25, 0.3) is 11.4 Å². The second-order valence-corrected chi connectivity index (χ2v) is 6.98. The fourth-order valence-electron chi connectivity index (χ4n) is 3.51. The number of amides is 1. The molecule has 4 rings (SSSR count). The van der Waals surface area contributed by atoms with Crippen LogP contribution in [-0.2, 0) is 17.8 Å². The lowest BCUT2D eigenvalue weighted by Gasteiger charge is -2.30. The third-order valence-electron chi connectivity index (χ3n) is 5.01. The molecule has 0 aliphatic carbocycles. The third kappa shape index (κ3) is 3.47. The number of aryl methyl sites for hydroxylation is 3. The van der Waals surface area contributed by atoms with E-state index in [1.165, 1.54) is 0 Å². The SMILES string of the molecule is Cc1nc(-c2c(C)ncc3c2CCN(C(=O)COc2ccccc2C)C3)no1. The van der Waals surface area contributed by atoms with Crippen molar-refractivity contribution in [1.82, 2.24) is 20.0 Å². The largest absolute Gasteiger partial charge is 0.484 e. The number of benzene rings is 1. The summed E-state index contributed by atoms with van der Waals surface area (Å²) >= 11 is 0. The maximum absolute atomic E-state index is 12.7. The number of pyridine rings is 1. The Kier molecular flexibility index (Phi) is 4.81. The molecule has 1 aliphatic heterocycles. The van der Waals surface area contributed by atoms with Gasteiger partial charge in [0, 0.05) is 37.5 Å². The van der Waals surface area contributed by atoms with E-state index in [9.17, 15) is 4.79 Å². The van der Waals surface area contributed by atoms with Gasteiger partial charge in [-0.3, -0.25) is 9.78 Å². The number of carbonyl (C=O) groups is 1. The summed E-state index contributed by atoms with van der Waals surface area (Å²) in [6, 6.07) is 7.69. The van der Waals surface area contributed by atoms with E-state index in [2.05, 4.69) is 15.1 Å². The van der Waals surface area contributed by atoms with Crippen LogP contribution in [0.5, 0.6) is 5.75 Å². The smallest absolute Gasteiger partial charge is 0.260 e. The molecule has 1 amide bonds. The van der Waals surface area contributed by atoms with Gasteiger partial charge < -0.3 is 14.2 Å². The molecular weight excluding hydrogens is 356 g/mol. The molecule has 2 aromatic heterocycles. The maximum atomic E-state index is 12.7. The fraction of sp³-hybridized carbons (Fsp3) is 0.333. The molecule has 3 heterocycles. The zero-order valence-corrected chi connectivity index (χ0v) is 16.2. The van der Waals surface area contributed by atoms with Crippen molar-refractivity contribution in [3.8, 4) is 17.1 Å². The first-order valence-electron chi connectivity index (χ1n) is 9.27. The highest BCUT2D eigenvalue weighted by atomic mass is 16.5. The van der Waals surface area contributed by atoms with Gasteiger partial charge in [0.2, 0.25) is 11.7 Å². The first-order valence-corrected chi connectivity index (χ1v) is 9.27. The number of fused-ring (bicyclic) bond motifs is 1. The molecule has 0 N–H and O–H groups in total. The molecule has 0 radical (unpaired) electrons. The van der Waals surface area contributed by atoms with Crippen LogP contribution in [0.3, 0.4) is 0 Å². The van der Waals surface area contributed by atoms with E-state index in [-0.39, 0.29) is 12.5 Å². The van der Waals surface area contributed by atoms with E-state index in [1.807, 2.05) is 49.2 Å². The lowest BCUT2D eigenvalue weighted by atomic mass is 9.94. The van der Waals surface area contributed by atoms with Crippen molar-refractivity contribution in [3.63, 3.8) is 0 Å². The van der Waals surface area contributed by atoms with Gasteiger partial charge in [-0.25, -0.2) is 0 Å². The van der Waals surface area contributed by atoms with Crippen molar-refractivity contribution in [2.24, 2.45) is 0 Å². The van der Waals surface area contributed by atoms with Crippen LogP contribution in [0.2, 0.25) is 0 Å². The highest BCUT2D eigenvalue weighted by Crippen LogP contribution is 2.30. The van der Waals surface area contributed by atoms with Gasteiger partial charge >= 0.3 is 0 Å². The predicted molar refractivity (Wildman–Crippen MR) is 103 cm³/mol. The molecule has 28 heavy (non-hydrogen) atoms. The topological polar surface area (TPSA) is 81.4 Å². The summed E-state index contributed by atoms with van der Waals surface area (Å²) in [4.78, 5) is 23.3. The van der Waals surface area contributed by atoms with E-state index >= 15 is 0 Å². The molecule has 1 aliphatic rings. The van der Waals surface area contributed by atoms with Gasteiger partial charge in [0.1, 0.15) is 5.75 Å². The van der Waals surface area contributed by atoms with Crippen molar-refractivity contribution >= 4 is 5.91 Å². The molecule has 0 atom stereocenters. The lowest BCUT2D eigenvalue weighted by molar-refractivity contribution is -0.134. The molecule has 3 aromatic rings.